The molecule has 0 aromatic heterocycles. The van der Waals surface area contributed by atoms with Gasteiger partial charge in [-0.3, -0.25) is 0 Å². The summed E-state index contributed by atoms with van der Waals surface area (Å²) in [6.07, 6.45) is 1.01. The normalized spacial score (nSPS) is 13.1. The van der Waals surface area contributed by atoms with Gasteiger partial charge in [-0.2, -0.15) is 0 Å². The highest BCUT2D eigenvalue weighted by molar-refractivity contribution is 5.41. The summed E-state index contributed by atoms with van der Waals surface area (Å²) in [5.74, 6) is 2.59. The average molecular weight is 249 g/mol. The van der Waals surface area contributed by atoms with Crippen molar-refractivity contribution >= 4 is 0 Å². The van der Waals surface area contributed by atoms with Crippen molar-refractivity contribution in [2.75, 3.05) is 13.7 Å². The number of rotatable bonds is 6. The lowest BCUT2D eigenvalue weighted by Crippen LogP contribution is -2.13. The highest BCUT2D eigenvalue weighted by Gasteiger charge is 2.19. The Morgan fingerprint density at radius 3 is 2.28 bits per heavy atom. The molecule has 0 amide bonds. The fourth-order valence-corrected chi connectivity index (χ4v) is 2.42. The minimum Gasteiger partial charge on any atom is -0.496 e. The Labute approximate surface area is 112 Å². The van der Waals surface area contributed by atoms with Gasteiger partial charge in [-0.1, -0.05) is 39.8 Å². The molecule has 0 fully saturated rings. The Balaban J connectivity index is 3.13. The van der Waals surface area contributed by atoms with E-state index in [-0.39, 0.29) is 0 Å². The van der Waals surface area contributed by atoms with Crippen molar-refractivity contribution < 1.29 is 4.74 Å². The zero-order valence-corrected chi connectivity index (χ0v) is 12.4. The van der Waals surface area contributed by atoms with E-state index < -0.39 is 0 Å². The van der Waals surface area contributed by atoms with Gasteiger partial charge in [0.1, 0.15) is 5.75 Å². The largest absolute Gasteiger partial charge is 0.496 e. The second-order valence-corrected chi connectivity index (χ2v) is 5.58. The fourth-order valence-electron chi connectivity index (χ4n) is 2.42. The van der Waals surface area contributed by atoms with Crippen LogP contribution in [0.15, 0.2) is 18.2 Å². The molecule has 0 radical (unpaired) electrons. The van der Waals surface area contributed by atoms with Gasteiger partial charge in [-0.25, -0.2) is 0 Å². The lowest BCUT2D eigenvalue weighted by molar-refractivity contribution is 0.389. The van der Waals surface area contributed by atoms with Crippen molar-refractivity contribution in [3.63, 3.8) is 0 Å². The monoisotopic (exact) mass is 249 g/mol. The first-order valence-corrected chi connectivity index (χ1v) is 6.89. The molecular formula is C16H27NO. The van der Waals surface area contributed by atoms with E-state index in [1.807, 2.05) is 0 Å². The van der Waals surface area contributed by atoms with E-state index >= 15 is 0 Å². The lowest BCUT2D eigenvalue weighted by Gasteiger charge is -2.23. The highest BCUT2D eigenvalue weighted by atomic mass is 16.5. The number of ether oxygens (including phenoxy) is 1. The summed E-state index contributed by atoms with van der Waals surface area (Å²) in [7, 11) is 1.75. The highest BCUT2D eigenvalue weighted by Crippen LogP contribution is 2.35. The number of nitrogens with two attached hydrogens (primary N) is 1. The molecule has 0 saturated carbocycles. The summed E-state index contributed by atoms with van der Waals surface area (Å²) < 4.78 is 5.57. The Morgan fingerprint density at radius 1 is 1.17 bits per heavy atom. The van der Waals surface area contributed by atoms with Gasteiger partial charge in [0, 0.05) is 0 Å². The van der Waals surface area contributed by atoms with Gasteiger partial charge in [-0.15, -0.1) is 0 Å². The molecule has 0 saturated heterocycles. The average Bonchev–Trinajstić information content (AvgIpc) is 2.34. The van der Waals surface area contributed by atoms with Crippen molar-refractivity contribution in [2.45, 2.75) is 46.0 Å². The maximum atomic E-state index is 5.73. The lowest BCUT2D eigenvalue weighted by atomic mass is 9.84. The maximum Gasteiger partial charge on any atom is 0.122 e. The topological polar surface area (TPSA) is 35.2 Å². The van der Waals surface area contributed by atoms with Crippen LogP contribution in [-0.2, 0) is 0 Å². The van der Waals surface area contributed by atoms with Crippen molar-refractivity contribution in [1.82, 2.24) is 0 Å². The molecular weight excluding hydrogens is 222 g/mol. The van der Waals surface area contributed by atoms with Gasteiger partial charge in [0.15, 0.2) is 0 Å². The van der Waals surface area contributed by atoms with Crippen LogP contribution in [0, 0.1) is 5.92 Å². The van der Waals surface area contributed by atoms with Crippen LogP contribution in [0.4, 0.5) is 0 Å². The molecule has 0 spiro atoms. The summed E-state index contributed by atoms with van der Waals surface area (Å²) in [6.45, 7) is 9.62. The summed E-state index contributed by atoms with van der Waals surface area (Å²) in [5, 5.41) is 0. The fraction of sp³-hybridized carbons (Fsp3) is 0.625. The van der Waals surface area contributed by atoms with Crippen molar-refractivity contribution in [3.8, 4) is 5.75 Å². The maximum absolute atomic E-state index is 5.73. The van der Waals surface area contributed by atoms with Crippen LogP contribution in [0.2, 0.25) is 0 Å². The quantitative estimate of drug-likeness (QED) is 0.829. The van der Waals surface area contributed by atoms with E-state index in [9.17, 15) is 0 Å². The molecule has 0 heterocycles. The SMILES string of the molecule is COc1cc(C(C)C)ccc1C(CCN)C(C)C. The summed E-state index contributed by atoms with van der Waals surface area (Å²) in [4.78, 5) is 0. The molecule has 102 valence electrons. The summed E-state index contributed by atoms with van der Waals surface area (Å²) in [5.41, 5.74) is 8.35. The van der Waals surface area contributed by atoms with E-state index in [2.05, 4.69) is 45.9 Å². The minimum atomic E-state index is 0.478. The zero-order chi connectivity index (χ0) is 13.7. The molecule has 18 heavy (non-hydrogen) atoms. The molecule has 2 heteroatoms. The second kappa shape index (κ2) is 6.79. The second-order valence-electron chi connectivity index (χ2n) is 5.58. The van der Waals surface area contributed by atoms with Crippen LogP contribution in [0.5, 0.6) is 5.75 Å². The molecule has 1 rings (SSSR count). The van der Waals surface area contributed by atoms with Crippen molar-refractivity contribution in [2.24, 2.45) is 11.7 Å². The standard InChI is InChI=1S/C16H27NO/c1-11(2)13-6-7-15(16(10-13)18-5)14(8-9-17)12(3)4/h6-7,10-12,14H,8-9,17H2,1-5H3. The van der Waals surface area contributed by atoms with Gasteiger partial charge in [-0.05, 0) is 47.9 Å². The van der Waals surface area contributed by atoms with Gasteiger partial charge < -0.3 is 10.5 Å². The number of benzene rings is 1. The van der Waals surface area contributed by atoms with E-state index in [0.717, 1.165) is 18.7 Å². The van der Waals surface area contributed by atoms with Crippen LogP contribution in [-0.4, -0.2) is 13.7 Å². The Hall–Kier alpha value is -1.02. The third-order valence-electron chi connectivity index (χ3n) is 3.61. The van der Waals surface area contributed by atoms with Crippen LogP contribution >= 0.6 is 0 Å². The van der Waals surface area contributed by atoms with Crippen LogP contribution < -0.4 is 10.5 Å². The molecule has 0 aliphatic heterocycles. The number of methoxy groups -OCH3 is 1. The predicted molar refractivity (Wildman–Crippen MR) is 78.3 cm³/mol. The number of hydrogen-bond donors (Lipinski definition) is 1. The molecule has 1 aromatic rings. The van der Waals surface area contributed by atoms with Gasteiger partial charge >= 0.3 is 0 Å². The van der Waals surface area contributed by atoms with Crippen LogP contribution in [0.3, 0.4) is 0 Å². The third-order valence-corrected chi connectivity index (χ3v) is 3.61. The van der Waals surface area contributed by atoms with E-state index in [1.165, 1.54) is 11.1 Å². The molecule has 1 aromatic carbocycles. The first kappa shape index (κ1) is 15.0. The Morgan fingerprint density at radius 2 is 1.83 bits per heavy atom. The predicted octanol–water partition coefficient (Wildman–Crippen LogP) is 3.91. The molecule has 0 bridgehead atoms. The minimum absolute atomic E-state index is 0.478. The first-order valence-electron chi connectivity index (χ1n) is 6.89. The van der Waals surface area contributed by atoms with Crippen LogP contribution in [0.25, 0.3) is 0 Å². The van der Waals surface area contributed by atoms with Gasteiger partial charge in [0.05, 0.1) is 7.11 Å². The Kier molecular flexibility index (Phi) is 5.67. The molecule has 0 aliphatic carbocycles. The van der Waals surface area contributed by atoms with E-state index in [1.54, 1.807) is 7.11 Å². The zero-order valence-electron chi connectivity index (χ0n) is 12.4. The molecule has 1 atom stereocenters. The van der Waals surface area contributed by atoms with Gasteiger partial charge in [0.25, 0.3) is 0 Å². The van der Waals surface area contributed by atoms with Crippen LogP contribution in [0.1, 0.15) is 57.1 Å². The van der Waals surface area contributed by atoms with E-state index in [0.29, 0.717) is 17.8 Å². The Bertz CT molecular complexity index is 371. The summed E-state index contributed by atoms with van der Waals surface area (Å²) in [6, 6.07) is 6.61. The van der Waals surface area contributed by atoms with Crippen molar-refractivity contribution in [3.05, 3.63) is 29.3 Å². The molecule has 1 unspecified atom stereocenters. The molecule has 2 N–H and O–H groups in total. The smallest absolute Gasteiger partial charge is 0.122 e. The third kappa shape index (κ3) is 3.49. The van der Waals surface area contributed by atoms with E-state index in [4.69, 9.17) is 10.5 Å². The summed E-state index contributed by atoms with van der Waals surface area (Å²) >= 11 is 0. The first-order chi connectivity index (χ1) is 8.51. The van der Waals surface area contributed by atoms with Crippen molar-refractivity contribution in [1.29, 1.82) is 0 Å². The number of hydrogen-bond acceptors (Lipinski definition) is 2. The van der Waals surface area contributed by atoms with Gasteiger partial charge in [0.2, 0.25) is 0 Å². The molecule has 0 aliphatic rings. The molecule has 2 nitrogen and oxygen atoms in total.